The summed E-state index contributed by atoms with van der Waals surface area (Å²) in [6.45, 7) is 0.419. The summed E-state index contributed by atoms with van der Waals surface area (Å²) in [5, 5.41) is 8.09. The Hall–Kier alpha value is -2.45. The summed E-state index contributed by atoms with van der Waals surface area (Å²) >= 11 is 0. The molecule has 128 valence electrons. The first-order valence-electron chi connectivity index (χ1n) is 7.05. The standard InChI is InChI=1S/C16H17FN2O4S/c1-23-16(20)14-10-13(24(18,21)22)5-6-15(14)19-8-7-11-3-2-4-12(17)9-11/h2-6,9-10,19H,7-8H2,1H3,(H2,18,21,22). The quantitative estimate of drug-likeness (QED) is 0.774. The van der Waals surface area contributed by atoms with E-state index >= 15 is 0 Å². The Morgan fingerprint density at radius 1 is 1.25 bits per heavy atom. The van der Waals surface area contributed by atoms with E-state index in [1.165, 1.54) is 31.4 Å². The lowest BCUT2D eigenvalue weighted by Gasteiger charge is -2.12. The van der Waals surface area contributed by atoms with Gasteiger partial charge in [0, 0.05) is 12.2 Å². The lowest BCUT2D eigenvalue weighted by Crippen LogP contribution is -2.15. The first-order chi connectivity index (χ1) is 11.3. The Kier molecular flexibility index (Phi) is 5.53. The monoisotopic (exact) mass is 352 g/mol. The van der Waals surface area contributed by atoms with Gasteiger partial charge < -0.3 is 10.1 Å². The predicted octanol–water partition coefficient (Wildman–Crippen LogP) is 1.91. The number of sulfonamides is 1. The number of benzene rings is 2. The van der Waals surface area contributed by atoms with E-state index in [0.29, 0.717) is 18.7 Å². The molecule has 0 aliphatic rings. The van der Waals surface area contributed by atoms with Gasteiger partial charge in [0.25, 0.3) is 0 Å². The van der Waals surface area contributed by atoms with E-state index < -0.39 is 16.0 Å². The number of halogens is 1. The van der Waals surface area contributed by atoms with Crippen molar-refractivity contribution in [1.82, 2.24) is 0 Å². The number of hydrogen-bond acceptors (Lipinski definition) is 5. The van der Waals surface area contributed by atoms with Crippen LogP contribution in [0.15, 0.2) is 47.4 Å². The fourth-order valence-corrected chi connectivity index (χ4v) is 2.71. The molecule has 0 bridgehead atoms. The molecule has 0 aliphatic heterocycles. The Bertz CT molecular complexity index is 853. The number of esters is 1. The molecular formula is C16H17FN2O4S. The van der Waals surface area contributed by atoms with Crippen LogP contribution >= 0.6 is 0 Å². The molecule has 3 N–H and O–H groups in total. The number of carbonyl (C=O) groups excluding carboxylic acids is 1. The molecule has 2 aromatic carbocycles. The van der Waals surface area contributed by atoms with Gasteiger partial charge in [-0.05, 0) is 42.3 Å². The molecule has 0 unspecified atom stereocenters. The van der Waals surface area contributed by atoms with Crippen LogP contribution in [-0.4, -0.2) is 28.0 Å². The second kappa shape index (κ2) is 7.41. The summed E-state index contributed by atoms with van der Waals surface area (Å²) in [6.07, 6.45) is 0.523. The van der Waals surface area contributed by atoms with Crippen molar-refractivity contribution in [2.75, 3.05) is 19.0 Å². The zero-order chi connectivity index (χ0) is 17.7. The van der Waals surface area contributed by atoms with Crippen LogP contribution in [0.3, 0.4) is 0 Å². The average Bonchev–Trinajstić information content (AvgIpc) is 2.53. The summed E-state index contributed by atoms with van der Waals surface area (Å²) < 4.78 is 40.6. The SMILES string of the molecule is COC(=O)c1cc(S(N)(=O)=O)ccc1NCCc1cccc(F)c1. The summed E-state index contributed by atoms with van der Waals surface area (Å²) in [4.78, 5) is 11.7. The van der Waals surface area contributed by atoms with Crippen molar-refractivity contribution in [2.24, 2.45) is 5.14 Å². The van der Waals surface area contributed by atoms with Gasteiger partial charge >= 0.3 is 5.97 Å². The lowest BCUT2D eigenvalue weighted by atomic mass is 10.1. The molecule has 6 nitrogen and oxygen atoms in total. The maximum atomic E-state index is 13.1. The van der Waals surface area contributed by atoms with Crippen LogP contribution < -0.4 is 10.5 Å². The number of hydrogen-bond donors (Lipinski definition) is 2. The molecule has 2 aromatic rings. The minimum Gasteiger partial charge on any atom is -0.465 e. The number of methoxy groups -OCH3 is 1. The van der Waals surface area contributed by atoms with Crippen LogP contribution in [-0.2, 0) is 21.2 Å². The molecule has 2 rings (SSSR count). The van der Waals surface area contributed by atoms with Gasteiger partial charge in [-0.3, -0.25) is 0 Å². The van der Waals surface area contributed by atoms with Crippen LogP contribution in [0.25, 0.3) is 0 Å². The van der Waals surface area contributed by atoms with E-state index in [-0.39, 0.29) is 16.3 Å². The first-order valence-corrected chi connectivity index (χ1v) is 8.59. The van der Waals surface area contributed by atoms with Crippen LogP contribution in [0, 0.1) is 5.82 Å². The molecule has 0 saturated heterocycles. The molecule has 0 atom stereocenters. The smallest absolute Gasteiger partial charge is 0.340 e. The normalized spacial score (nSPS) is 11.1. The maximum Gasteiger partial charge on any atom is 0.340 e. The Labute approximate surface area is 139 Å². The van der Waals surface area contributed by atoms with Gasteiger partial charge in [0.05, 0.1) is 17.6 Å². The zero-order valence-electron chi connectivity index (χ0n) is 13.0. The molecule has 24 heavy (non-hydrogen) atoms. The third kappa shape index (κ3) is 4.53. The van der Waals surface area contributed by atoms with Crippen LogP contribution in [0.2, 0.25) is 0 Å². The molecule has 0 heterocycles. The van der Waals surface area contributed by atoms with Gasteiger partial charge in [0.15, 0.2) is 0 Å². The van der Waals surface area contributed by atoms with Gasteiger partial charge in [-0.25, -0.2) is 22.7 Å². The summed E-state index contributed by atoms with van der Waals surface area (Å²) in [7, 11) is -2.73. The number of anilines is 1. The average molecular weight is 352 g/mol. The van der Waals surface area contributed by atoms with E-state index in [4.69, 9.17) is 5.14 Å². The van der Waals surface area contributed by atoms with Crippen LogP contribution in [0.4, 0.5) is 10.1 Å². The highest BCUT2D eigenvalue weighted by Gasteiger charge is 2.17. The van der Waals surface area contributed by atoms with Crippen molar-refractivity contribution in [3.8, 4) is 0 Å². The second-order valence-corrected chi connectivity index (χ2v) is 6.61. The van der Waals surface area contributed by atoms with E-state index in [9.17, 15) is 17.6 Å². The molecular weight excluding hydrogens is 335 g/mol. The van der Waals surface area contributed by atoms with Crippen molar-refractivity contribution in [1.29, 1.82) is 0 Å². The minimum atomic E-state index is -3.93. The summed E-state index contributed by atoms with van der Waals surface area (Å²) in [6, 6.07) is 10.1. The van der Waals surface area contributed by atoms with Gasteiger partial charge in [0.1, 0.15) is 5.82 Å². The predicted molar refractivity (Wildman–Crippen MR) is 87.7 cm³/mol. The number of nitrogens with one attached hydrogen (secondary N) is 1. The highest BCUT2D eigenvalue weighted by molar-refractivity contribution is 7.89. The summed E-state index contributed by atoms with van der Waals surface area (Å²) in [5.74, 6) is -1.01. The molecule has 0 radical (unpaired) electrons. The molecule has 0 fully saturated rings. The van der Waals surface area contributed by atoms with E-state index in [0.717, 1.165) is 11.6 Å². The minimum absolute atomic E-state index is 0.0586. The largest absolute Gasteiger partial charge is 0.465 e. The van der Waals surface area contributed by atoms with Gasteiger partial charge in [-0.1, -0.05) is 12.1 Å². The number of carbonyl (C=O) groups is 1. The molecule has 0 aromatic heterocycles. The number of nitrogens with two attached hydrogens (primary N) is 1. The molecule has 0 amide bonds. The molecule has 0 spiro atoms. The fourth-order valence-electron chi connectivity index (χ4n) is 2.17. The van der Waals surface area contributed by atoms with Gasteiger partial charge in [0.2, 0.25) is 10.0 Å². The van der Waals surface area contributed by atoms with Crippen LogP contribution in [0.1, 0.15) is 15.9 Å². The van der Waals surface area contributed by atoms with Crippen LogP contribution in [0.5, 0.6) is 0 Å². The first kappa shape index (κ1) is 17.9. The third-order valence-corrected chi connectivity index (χ3v) is 4.25. The maximum absolute atomic E-state index is 13.1. The van der Waals surface area contributed by atoms with Gasteiger partial charge in [-0.2, -0.15) is 0 Å². The number of rotatable bonds is 6. The van der Waals surface area contributed by atoms with Crippen molar-refractivity contribution >= 4 is 21.7 Å². The Morgan fingerprint density at radius 2 is 2.00 bits per heavy atom. The van der Waals surface area contributed by atoms with Crippen molar-refractivity contribution < 1.29 is 22.3 Å². The fraction of sp³-hybridized carbons (Fsp3) is 0.188. The lowest BCUT2D eigenvalue weighted by molar-refractivity contribution is 0.0601. The summed E-state index contributed by atoms with van der Waals surface area (Å²) in [5.41, 5.74) is 1.26. The van der Waals surface area contributed by atoms with Gasteiger partial charge in [-0.15, -0.1) is 0 Å². The molecule has 0 aliphatic carbocycles. The van der Waals surface area contributed by atoms with E-state index in [1.807, 2.05) is 0 Å². The topological polar surface area (TPSA) is 98.5 Å². The molecule has 8 heteroatoms. The Balaban J connectivity index is 2.18. The number of primary sulfonamides is 1. The van der Waals surface area contributed by atoms with E-state index in [1.54, 1.807) is 12.1 Å². The Morgan fingerprint density at radius 3 is 2.62 bits per heavy atom. The third-order valence-electron chi connectivity index (χ3n) is 3.34. The molecule has 0 saturated carbocycles. The highest BCUT2D eigenvalue weighted by Crippen LogP contribution is 2.21. The van der Waals surface area contributed by atoms with Crippen molar-refractivity contribution in [2.45, 2.75) is 11.3 Å². The highest BCUT2D eigenvalue weighted by atomic mass is 32.2. The van der Waals surface area contributed by atoms with E-state index in [2.05, 4.69) is 10.1 Å². The van der Waals surface area contributed by atoms with Crippen molar-refractivity contribution in [3.63, 3.8) is 0 Å². The number of ether oxygens (including phenoxy) is 1. The second-order valence-electron chi connectivity index (χ2n) is 5.05. The van der Waals surface area contributed by atoms with Crippen molar-refractivity contribution in [3.05, 3.63) is 59.4 Å². The zero-order valence-corrected chi connectivity index (χ0v) is 13.8.